The summed E-state index contributed by atoms with van der Waals surface area (Å²) in [5.41, 5.74) is 3.61. The van der Waals surface area contributed by atoms with E-state index in [0.29, 0.717) is 30.0 Å². The van der Waals surface area contributed by atoms with Gasteiger partial charge in [0.25, 0.3) is 0 Å². The van der Waals surface area contributed by atoms with Crippen LogP contribution in [0.5, 0.6) is 5.75 Å². The monoisotopic (exact) mass is 389 g/mol. The third-order valence-electron chi connectivity index (χ3n) is 5.29. The summed E-state index contributed by atoms with van der Waals surface area (Å²) in [6.07, 6.45) is 1.92. The Kier molecular flexibility index (Phi) is 5.16. The molecule has 1 aliphatic heterocycles. The second kappa shape index (κ2) is 7.91. The first-order valence-corrected chi connectivity index (χ1v) is 9.61. The first kappa shape index (κ1) is 18.9. The third kappa shape index (κ3) is 3.92. The highest BCUT2D eigenvalue weighted by Gasteiger charge is 2.34. The first-order chi connectivity index (χ1) is 14.0. The fraction of sp³-hybridized carbons (Fsp3) is 0.261. The molecule has 0 spiro atoms. The molecule has 0 saturated carbocycles. The fourth-order valence-corrected chi connectivity index (χ4v) is 3.67. The van der Waals surface area contributed by atoms with Crippen LogP contribution in [0, 0.1) is 12.8 Å². The number of anilines is 1. The molecule has 29 heavy (non-hydrogen) atoms. The number of benzene rings is 2. The lowest BCUT2D eigenvalue weighted by Crippen LogP contribution is -2.28. The number of carbonyl (C=O) groups is 2. The van der Waals surface area contributed by atoms with Crippen LogP contribution in [-0.2, 0) is 16.1 Å². The number of aryl methyl sites for hydroxylation is 1. The standard InChI is InChI=1S/C23H23N3O3/c1-15-5-7-16(8-6-15)13-26-14-17(12-21(26)27)23(28)25-19-9-10-20(29-2)22-18(19)4-3-11-24-22/h3-11,17H,12-14H2,1-2H3,(H,25,28). The van der Waals surface area contributed by atoms with Gasteiger partial charge < -0.3 is 15.0 Å². The highest BCUT2D eigenvalue weighted by molar-refractivity contribution is 6.04. The molecule has 0 radical (unpaired) electrons. The van der Waals surface area contributed by atoms with E-state index in [0.717, 1.165) is 10.9 Å². The minimum Gasteiger partial charge on any atom is -0.494 e. The Balaban J connectivity index is 1.47. The Labute approximate surface area is 169 Å². The second-order valence-electron chi connectivity index (χ2n) is 7.37. The molecule has 1 aromatic heterocycles. The van der Waals surface area contributed by atoms with Crippen LogP contribution in [0.25, 0.3) is 10.9 Å². The van der Waals surface area contributed by atoms with E-state index < -0.39 is 0 Å². The molecule has 4 rings (SSSR count). The zero-order chi connectivity index (χ0) is 20.4. The zero-order valence-electron chi connectivity index (χ0n) is 16.5. The Hall–Kier alpha value is -3.41. The summed E-state index contributed by atoms with van der Waals surface area (Å²) in [5.74, 6) is 0.132. The summed E-state index contributed by atoms with van der Waals surface area (Å²) in [4.78, 5) is 31.4. The molecule has 2 amide bonds. The van der Waals surface area contributed by atoms with Gasteiger partial charge in [-0.15, -0.1) is 0 Å². The van der Waals surface area contributed by atoms with Gasteiger partial charge in [-0.1, -0.05) is 29.8 Å². The van der Waals surface area contributed by atoms with E-state index in [1.807, 2.05) is 49.4 Å². The third-order valence-corrected chi connectivity index (χ3v) is 5.29. The molecule has 1 saturated heterocycles. The highest BCUT2D eigenvalue weighted by Crippen LogP contribution is 2.30. The number of amides is 2. The number of ether oxygens (including phenoxy) is 1. The minimum atomic E-state index is -0.373. The van der Waals surface area contributed by atoms with E-state index in [-0.39, 0.29) is 24.2 Å². The van der Waals surface area contributed by atoms with Crippen LogP contribution in [0.2, 0.25) is 0 Å². The summed E-state index contributed by atoms with van der Waals surface area (Å²) >= 11 is 0. The van der Waals surface area contributed by atoms with Crippen LogP contribution in [0.4, 0.5) is 5.69 Å². The summed E-state index contributed by atoms with van der Waals surface area (Å²) in [5, 5.41) is 3.78. The van der Waals surface area contributed by atoms with Gasteiger partial charge in [0.15, 0.2) is 0 Å². The normalized spacial score (nSPS) is 16.3. The molecule has 1 N–H and O–H groups in total. The summed E-state index contributed by atoms with van der Waals surface area (Å²) in [6, 6.07) is 15.4. The van der Waals surface area contributed by atoms with Crippen molar-refractivity contribution in [2.75, 3.05) is 19.0 Å². The molecule has 1 unspecified atom stereocenters. The smallest absolute Gasteiger partial charge is 0.229 e. The molecule has 0 bridgehead atoms. The molecular weight excluding hydrogens is 366 g/mol. The Bertz CT molecular complexity index is 1060. The zero-order valence-corrected chi connectivity index (χ0v) is 16.5. The molecule has 3 aromatic rings. The molecule has 6 nitrogen and oxygen atoms in total. The first-order valence-electron chi connectivity index (χ1n) is 9.61. The largest absolute Gasteiger partial charge is 0.494 e. The van der Waals surface area contributed by atoms with Crippen LogP contribution >= 0.6 is 0 Å². The van der Waals surface area contributed by atoms with Crippen LogP contribution in [0.3, 0.4) is 0 Å². The van der Waals surface area contributed by atoms with Gasteiger partial charge in [-0.05, 0) is 36.8 Å². The average molecular weight is 389 g/mol. The maximum absolute atomic E-state index is 12.9. The van der Waals surface area contributed by atoms with Crippen LogP contribution in [0.15, 0.2) is 54.7 Å². The van der Waals surface area contributed by atoms with Crippen molar-refractivity contribution >= 4 is 28.4 Å². The van der Waals surface area contributed by atoms with Crippen molar-refractivity contribution in [1.82, 2.24) is 9.88 Å². The van der Waals surface area contributed by atoms with E-state index in [1.165, 1.54) is 5.56 Å². The van der Waals surface area contributed by atoms with Gasteiger partial charge in [0.1, 0.15) is 11.3 Å². The number of pyridine rings is 1. The fourth-order valence-electron chi connectivity index (χ4n) is 3.67. The molecule has 2 heterocycles. The number of nitrogens with one attached hydrogen (secondary N) is 1. The van der Waals surface area contributed by atoms with Crippen LogP contribution in [-0.4, -0.2) is 35.4 Å². The molecule has 1 aliphatic rings. The lowest BCUT2D eigenvalue weighted by Gasteiger charge is -2.17. The number of nitrogens with zero attached hydrogens (tertiary/aromatic N) is 2. The molecule has 6 heteroatoms. The molecule has 1 fully saturated rings. The lowest BCUT2D eigenvalue weighted by molar-refractivity contribution is -0.128. The number of fused-ring (bicyclic) bond motifs is 1. The molecule has 1 atom stereocenters. The average Bonchev–Trinajstić information content (AvgIpc) is 3.10. The molecule has 2 aromatic carbocycles. The number of likely N-dealkylation sites (tertiary alicyclic amines) is 1. The van der Waals surface area contributed by atoms with Crippen LogP contribution < -0.4 is 10.1 Å². The number of carbonyl (C=O) groups excluding carboxylic acids is 2. The van der Waals surface area contributed by atoms with Crippen molar-refractivity contribution in [1.29, 1.82) is 0 Å². The highest BCUT2D eigenvalue weighted by atomic mass is 16.5. The Morgan fingerprint density at radius 3 is 2.76 bits per heavy atom. The van der Waals surface area contributed by atoms with Gasteiger partial charge in [-0.2, -0.15) is 0 Å². The molecule has 148 valence electrons. The van der Waals surface area contributed by atoms with Crippen LogP contribution in [0.1, 0.15) is 17.5 Å². The minimum absolute atomic E-state index is 0.00646. The molecular formula is C23H23N3O3. The number of hydrogen-bond acceptors (Lipinski definition) is 4. The summed E-state index contributed by atoms with van der Waals surface area (Å²) < 4.78 is 5.35. The molecule has 0 aliphatic carbocycles. The van der Waals surface area contributed by atoms with Gasteiger partial charge in [0.2, 0.25) is 11.8 Å². The van der Waals surface area contributed by atoms with Gasteiger partial charge in [0, 0.05) is 31.1 Å². The van der Waals surface area contributed by atoms with Gasteiger partial charge in [0.05, 0.1) is 18.7 Å². The summed E-state index contributed by atoms with van der Waals surface area (Å²) in [6.45, 7) is 2.98. The van der Waals surface area contributed by atoms with Crippen molar-refractivity contribution < 1.29 is 14.3 Å². The van der Waals surface area contributed by atoms with Gasteiger partial charge in [-0.3, -0.25) is 14.6 Å². The summed E-state index contributed by atoms with van der Waals surface area (Å²) in [7, 11) is 1.59. The SMILES string of the molecule is COc1ccc(NC(=O)C2CC(=O)N(Cc3ccc(C)cc3)C2)c2cccnc12. The predicted octanol–water partition coefficient (Wildman–Crippen LogP) is 3.54. The van der Waals surface area contributed by atoms with Crippen molar-refractivity contribution in [3.05, 3.63) is 65.9 Å². The van der Waals surface area contributed by atoms with Crippen molar-refractivity contribution in [2.24, 2.45) is 5.92 Å². The topological polar surface area (TPSA) is 71.5 Å². The van der Waals surface area contributed by atoms with Crippen molar-refractivity contribution in [2.45, 2.75) is 19.9 Å². The number of hydrogen-bond donors (Lipinski definition) is 1. The van der Waals surface area contributed by atoms with Gasteiger partial charge >= 0.3 is 0 Å². The Morgan fingerprint density at radius 2 is 2.00 bits per heavy atom. The van der Waals surface area contributed by atoms with E-state index in [9.17, 15) is 9.59 Å². The number of aromatic nitrogens is 1. The predicted molar refractivity (Wildman–Crippen MR) is 112 cm³/mol. The quantitative estimate of drug-likeness (QED) is 0.725. The maximum Gasteiger partial charge on any atom is 0.229 e. The van der Waals surface area contributed by atoms with Gasteiger partial charge in [-0.25, -0.2) is 0 Å². The lowest BCUT2D eigenvalue weighted by atomic mass is 10.1. The van der Waals surface area contributed by atoms with E-state index >= 15 is 0 Å². The number of rotatable bonds is 5. The van der Waals surface area contributed by atoms with E-state index in [4.69, 9.17) is 4.74 Å². The second-order valence-corrected chi connectivity index (χ2v) is 7.37. The maximum atomic E-state index is 12.9. The number of methoxy groups -OCH3 is 1. The van der Waals surface area contributed by atoms with E-state index in [1.54, 1.807) is 24.3 Å². The van der Waals surface area contributed by atoms with E-state index in [2.05, 4.69) is 10.3 Å². The van der Waals surface area contributed by atoms with Crippen molar-refractivity contribution in [3.63, 3.8) is 0 Å². The Morgan fingerprint density at radius 1 is 1.21 bits per heavy atom. The van der Waals surface area contributed by atoms with Crippen molar-refractivity contribution in [3.8, 4) is 5.75 Å².